The number of benzene rings is 1. The molecule has 16 heavy (non-hydrogen) atoms. The highest BCUT2D eigenvalue weighted by Gasteiger charge is 2.14. The molecule has 0 aliphatic carbocycles. The molecule has 1 aromatic carbocycles. The largest absolute Gasteiger partial charge is 0.455 e. The number of fused-ring (bicyclic) bond motifs is 2. The molecule has 2 nitrogen and oxygen atoms in total. The Bertz CT molecular complexity index is 539. The third-order valence-corrected chi connectivity index (χ3v) is 2.96. The van der Waals surface area contributed by atoms with E-state index in [1.807, 2.05) is 30.3 Å². The molecular weight excluding hydrogens is 222 g/mol. The van der Waals surface area contributed by atoms with Gasteiger partial charge in [-0.3, -0.25) is 4.98 Å². The zero-order valence-electron chi connectivity index (χ0n) is 8.61. The number of hydrogen-bond donors (Lipinski definition) is 0. The Labute approximate surface area is 98.8 Å². The van der Waals surface area contributed by atoms with Crippen molar-refractivity contribution in [1.29, 1.82) is 0 Å². The molecule has 0 N–H and O–H groups in total. The third-order valence-electron chi connectivity index (χ3n) is 2.72. The quantitative estimate of drug-likeness (QED) is 0.691. The summed E-state index contributed by atoms with van der Waals surface area (Å²) >= 11 is 5.97. The van der Waals surface area contributed by atoms with E-state index in [1.165, 1.54) is 0 Å². The van der Waals surface area contributed by atoms with Crippen LogP contribution >= 0.6 is 11.6 Å². The topological polar surface area (TPSA) is 22.1 Å². The molecule has 1 aromatic heterocycles. The highest BCUT2D eigenvalue weighted by atomic mass is 35.5. The van der Waals surface area contributed by atoms with Crippen LogP contribution in [-0.4, -0.2) is 4.98 Å². The Hall–Kier alpha value is -1.54. The highest BCUT2D eigenvalue weighted by Crippen LogP contribution is 2.33. The summed E-state index contributed by atoms with van der Waals surface area (Å²) in [5, 5.41) is 0.751. The summed E-state index contributed by atoms with van der Waals surface area (Å²) in [5.41, 5.74) is 2.15. The standard InChI is InChI=1S/C13H10ClNO/c14-10-4-6-12-9(8-10)3-5-11-13(16-12)2-1-7-15-11/h1-2,4,6-8H,3,5H2. The number of aromatic nitrogens is 1. The van der Waals surface area contributed by atoms with Crippen molar-refractivity contribution in [3.05, 3.63) is 52.8 Å². The van der Waals surface area contributed by atoms with Gasteiger partial charge in [0.15, 0.2) is 0 Å². The van der Waals surface area contributed by atoms with Gasteiger partial charge >= 0.3 is 0 Å². The van der Waals surface area contributed by atoms with E-state index >= 15 is 0 Å². The average molecular weight is 232 g/mol. The van der Waals surface area contributed by atoms with E-state index in [1.54, 1.807) is 6.20 Å². The highest BCUT2D eigenvalue weighted by molar-refractivity contribution is 6.30. The number of nitrogens with zero attached hydrogens (tertiary/aromatic N) is 1. The van der Waals surface area contributed by atoms with Gasteiger partial charge < -0.3 is 4.74 Å². The maximum absolute atomic E-state index is 5.97. The van der Waals surface area contributed by atoms with Crippen molar-refractivity contribution in [1.82, 2.24) is 4.98 Å². The van der Waals surface area contributed by atoms with Gasteiger partial charge in [0.25, 0.3) is 0 Å². The Morgan fingerprint density at radius 1 is 1.12 bits per heavy atom. The predicted octanol–water partition coefficient (Wildman–Crippen LogP) is 3.63. The van der Waals surface area contributed by atoms with Gasteiger partial charge in [-0.2, -0.15) is 0 Å². The molecule has 0 amide bonds. The fourth-order valence-corrected chi connectivity index (χ4v) is 2.11. The SMILES string of the molecule is Clc1ccc2c(c1)CCc1ncccc1O2. The predicted molar refractivity (Wildman–Crippen MR) is 63.2 cm³/mol. The molecule has 2 aromatic rings. The molecular formula is C13H10ClNO. The van der Waals surface area contributed by atoms with Crippen molar-refractivity contribution in [2.75, 3.05) is 0 Å². The van der Waals surface area contributed by atoms with Crippen LogP contribution < -0.4 is 4.74 Å². The van der Waals surface area contributed by atoms with Crippen LogP contribution in [0.2, 0.25) is 5.02 Å². The molecule has 0 spiro atoms. The maximum Gasteiger partial charge on any atom is 0.148 e. The molecule has 0 saturated heterocycles. The third kappa shape index (κ3) is 1.65. The first-order chi connectivity index (χ1) is 7.83. The molecule has 0 radical (unpaired) electrons. The molecule has 3 rings (SSSR count). The number of halogens is 1. The second-order valence-electron chi connectivity index (χ2n) is 3.80. The Balaban J connectivity index is 2.08. The van der Waals surface area contributed by atoms with Crippen molar-refractivity contribution >= 4 is 11.6 Å². The van der Waals surface area contributed by atoms with Crippen LogP contribution in [-0.2, 0) is 12.8 Å². The average Bonchev–Trinajstić information content (AvgIpc) is 2.48. The van der Waals surface area contributed by atoms with Crippen molar-refractivity contribution in [3.63, 3.8) is 0 Å². The van der Waals surface area contributed by atoms with Crippen LogP contribution in [0, 0.1) is 0 Å². The number of aryl methyl sites for hydroxylation is 2. The molecule has 1 aliphatic heterocycles. The van der Waals surface area contributed by atoms with E-state index in [0.29, 0.717) is 0 Å². The molecule has 0 saturated carbocycles. The van der Waals surface area contributed by atoms with E-state index < -0.39 is 0 Å². The summed E-state index contributed by atoms with van der Waals surface area (Å²) in [6.07, 6.45) is 3.61. The van der Waals surface area contributed by atoms with Crippen LogP contribution in [0.15, 0.2) is 36.5 Å². The zero-order valence-corrected chi connectivity index (χ0v) is 9.37. The summed E-state index contributed by atoms with van der Waals surface area (Å²) < 4.78 is 5.84. The minimum atomic E-state index is 0.751. The minimum absolute atomic E-state index is 0.751. The van der Waals surface area contributed by atoms with Crippen molar-refractivity contribution < 1.29 is 4.74 Å². The smallest absolute Gasteiger partial charge is 0.148 e. The molecule has 0 unspecified atom stereocenters. The first kappa shape index (κ1) is 9.67. The van der Waals surface area contributed by atoms with Crippen molar-refractivity contribution in [2.24, 2.45) is 0 Å². The molecule has 1 aliphatic rings. The number of ether oxygens (including phenoxy) is 1. The van der Waals surface area contributed by atoms with Crippen molar-refractivity contribution in [3.8, 4) is 11.5 Å². The van der Waals surface area contributed by atoms with Crippen molar-refractivity contribution in [2.45, 2.75) is 12.8 Å². The lowest BCUT2D eigenvalue weighted by molar-refractivity contribution is 0.476. The summed E-state index contributed by atoms with van der Waals surface area (Å²) in [6.45, 7) is 0. The van der Waals surface area contributed by atoms with Crippen LogP contribution in [0.3, 0.4) is 0 Å². The monoisotopic (exact) mass is 231 g/mol. The molecule has 2 heterocycles. The Kier molecular flexibility index (Phi) is 2.29. The van der Waals surface area contributed by atoms with Gasteiger partial charge in [-0.05, 0) is 48.7 Å². The normalized spacial score (nSPS) is 13.3. The zero-order chi connectivity index (χ0) is 11.0. The summed E-state index contributed by atoms with van der Waals surface area (Å²) in [5.74, 6) is 1.74. The van der Waals surface area contributed by atoms with E-state index in [9.17, 15) is 0 Å². The van der Waals surface area contributed by atoms with Gasteiger partial charge in [0.2, 0.25) is 0 Å². The summed E-state index contributed by atoms with van der Waals surface area (Å²) in [4.78, 5) is 4.33. The first-order valence-corrected chi connectivity index (χ1v) is 5.61. The number of rotatable bonds is 0. The lowest BCUT2D eigenvalue weighted by Gasteiger charge is -2.07. The fourth-order valence-electron chi connectivity index (χ4n) is 1.92. The van der Waals surface area contributed by atoms with E-state index in [4.69, 9.17) is 16.3 Å². The molecule has 0 bridgehead atoms. The lowest BCUT2D eigenvalue weighted by Crippen LogP contribution is -1.91. The van der Waals surface area contributed by atoms with E-state index in [0.717, 1.165) is 40.6 Å². The van der Waals surface area contributed by atoms with E-state index in [-0.39, 0.29) is 0 Å². The van der Waals surface area contributed by atoms with Gasteiger partial charge in [-0.25, -0.2) is 0 Å². The number of hydrogen-bond acceptors (Lipinski definition) is 2. The molecule has 80 valence electrons. The van der Waals surface area contributed by atoms with E-state index in [2.05, 4.69) is 4.98 Å². The van der Waals surface area contributed by atoms with Crippen LogP contribution in [0.25, 0.3) is 0 Å². The molecule has 0 fully saturated rings. The van der Waals surface area contributed by atoms with Gasteiger partial charge in [-0.15, -0.1) is 0 Å². The summed E-state index contributed by atoms with van der Waals surface area (Å²) in [6, 6.07) is 9.57. The fraction of sp³-hybridized carbons (Fsp3) is 0.154. The second kappa shape index (κ2) is 3.80. The van der Waals surface area contributed by atoms with Crippen LogP contribution in [0.1, 0.15) is 11.3 Å². The van der Waals surface area contributed by atoms with Gasteiger partial charge in [-0.1, -0.05) is 11.6 Å². The Morgan fingerprint density at radius 2 is 2.06 bits per heavy atom. The maximum atomic E-state index is 5.97. The Morgan fingerprint density at radius 3 is 3.00 bits per heavy atom. The van der Waals surface area contributed by atoms with Gasteiger partial charge in [0.05, 0.1) is 5.69 Å². The second-order valence-corrected chi connectivity index (χ2v) is 4.24. The number of pyridine rings is 1. The molecule has 0 atom stereocenters. The summed E-state index contributed by atoms with van der Waals surface area (Å²) in [7, 11) is 0. The van der Waals surface area contributed by atoms with Crippen LogP contribution in [0.4, 0.5) is 0 Å². The first-order valence-electron chi connectivity index (χ1n) is 5.23. The lowest BCUT2D eigenvalue weighted by atomic mass is 10.1. The minimum Gasteiger partial charge on any atom is -0.455 e. The van der Waals surface area contributed by atoms with Gasteiger partial charge in [0, 0.05) is 11.2 Å². The molecule has 3 heteroatoms. The van der Waals surface area contributed by atoms with Crippen LogP contribution in [0.5, 0.6) is 11.5 Å². The van der Waals surface area contributed by atoms with Gasteiger partial charge in [0.1, 0.15) is 11.5 Å².